The Morgan fingerprint density at radius 1 is 0.774 bits per heavy atom. The van der Waals surface area contributed by atoms with Crippen molar-refractivity contribution in [1.82, 2.24) is 0 Å². The van der Waals surface area contributed by atoms with E-state index in [1.165, 1.54) is 12.8 Å². The van der Waals surface area contributed by atoms with Crippen LogP contribution < -0.4 is 0 Å². The van der Waals surface area contributed by atoms with E-state index in [0.717, 1.165) is 64.2 Å². The van der Waals surface area contributed by atoms with E-state index in [-0.39, 0.29) is 36.6 Å². The largest absolute Gasteiger partial charge is 0.461 e. The van der Waals surface area contributed by atoms with E-state index in [9.17, 15) is 14.4 Å². The topological polar surface area (TPSA) is 78.9 Å². The molecule has 0 aliphatic heterocycles. The van der Waals surface area contributed by atoms with Crippen molar-refractivity contribution in [1.29, 1.82) is 0 Å². The predicted molar refractivity (Wildman–Crippen MR) is 123 cm³/mol. The van der Waals surface area contributed by atoms with Crippen LogP contribution in [-0.4, -0.2) is 42.6 Å². The maximum absolute atomic E-state index is 11.5. The van der Waals surface area contributed by atoms with E-state index < -0.39 is 5.97 Å². The van der Waals surface area contributed by atoms with Gasteiger partial charge in [0.25, 0.3) is 0 Å². The van der Waals surface area contributed by atoms with Crippen LogP contribution in [0.2, 0.25) is 0 Å². The van der Waals surface area contributed by atoms with Gasteiger partial charge >= 0.3 is 17.9 Å². The van der Waals surface area contributed by atoms with E-state index in [1.54, 1.807) is 0 Å². The lowest BCUT2D eigenvalue weighted by Crippen LogP contribution is -2.18. The Bertz CT molecular complexity index is 510. The summed E-state index contributed by atoms with van der Waals surface area (Å²) in [5.41, 5.74) is 0. The van der Waals surface area contributed by atoms with Crippen LogP contribution in [0.15, 0.2) is 12.2 Å². The average molecular weight is 481 g/mol. The standard InChI is InChI=1S/C23H38Cl2O6/c1-2-3-4-11-14-20(31-23(28)18-25)15-12-9-7-5-6-8-10-13-16-21(26)29-19-30-22(27)17-24/h9,12,20H,2-8,10-11,13-19H2,1H3/b12-9-/t20-/m1/s1. The van der Waals surface area contributed by atoms with Gasteiger partial charge in [-0.1, -0.05) is 57.6 Å². The summed E-state index contributed by atoms with van der Waals surface area (Å²) in [4.78, 5) is 33.7. The zero-order valence-electron chi connectivity index (χ0n) is 18.8. The first-order chi connectivity index (χ1) is 15.0. The van der Waals surface area contributed by atoms with Crippen molar-refractivity contribution < 1.29 is 28.6 Å². The number of esters is 3. The number of hydrogen-bond acceptors (Lipinski definition) is 6. The molecule has 0 amide bonds. The van der Waals surface area contributed by atoms with Crippen molar-refractivity contribution in [2.45, 2.75) is 96.5 Å². The highest BCUT2D eigenvalue weighted by Gasteiger charge is 2.12. The molecular weight excluding hydrogens is 443 g/mol. The third-order valence-corrected chi connectivity index (χ3v) is 5.09. The van der Waals surface area contributed by atoms with Gasteiger partial charge in [-0.15, -0.1) is 23.2 Å². The molecule has 0 aromatic carbocycles. The molecule has 0 aliphatic rings. The van der Waals surface area contributed by atoms with Crippen LogP contribution in [0.3, 0.4) is 0 Å². The second-order valence-corrected chi connectivity index (χ2v) is 7.93. The van der Waals surface area contributed by atoms with Crippen LogP contribution in [0, 0.1) is 0 Å². The highest BCUT2D eigenvalue weighted by molar-refractivity contribution is 6.26. The SMILES string of the molecule is CCCCCC[C@H](C/C=C\CCCCCCCC(=O)OCOC(=O)CCl)OC(=O)CCl. The van der Waals surface area contributed by atoms with Gasteiger partial charge in [-0.2, -0.15) is 0 Å². The quantitative estimate of drug-likeness (QED) is 0.0691. The van der Waals surface area contributed by atoms with Crippen molar-refractivity contribution in [3.05, 3.63) is 12.2 Å². The number of halogens is 2. The first kappa shape index (κ1) is 29.7. The first-order valence-corrected chi connectivity index (χ1v) is 12.4. The summed E-state index contributed by atoms with van der Waals surface area (Å²) in [6.07, 6.45) is 16.6. The molecule has 0 rings (SSSR count). The molecule has 0 fully saturated rings. The maximum Gasteiger partial charge on any atom is 0.323 e. The normalized spacial score (nSPS) is 12.0. The second kappa shape index (κ2) is 21.9. The third kappa shape index (κ3) is 20.4. The van der Waals surface area contributed by atoms with Gasteiger partial charge in [0.2, 0.25) is 6.79 Å². The number of carbonyl (C=O) groups is 3. The lowest BCUT2D eigenvalue weighted by atomic mass is 10.1. The minimum atomic E-state index is -0.609. The van der Waals surface area contributed by atoms with Gasteiger partial charge in [-0.25, -0.2) is 0 Å². The summed E-state index contributed by atoms with van der Waals surface area (Å²) < 4.78 is 14.8. The highest BCUT2D eigenvalue weighted by Crippen LogP contribution is 2.14. The predicted octanol–water partition coefficient (Wildman–Crippen LogP) is 6.07. The number of ether oxygens (including phenoxy) is 3. The summed E-state index contributed by atoms with van der Waals surface area (Å²) in [5, 5.41) is 0. The van der Waals surface area contributed by atoms with Crippen molar-refractivity contribution in [2.24, 2.45) is 0 Å². The molecule has 0 unspecified atom stereocenters. The zero-order valence-corrected chi connectivity index (χ0v) is 20.3. The molecule has 0 radical (unpaired) electrons. The molecule has 1 atom stereocenters. The molecule has 0 aromatic rings. The molecule has 0 aromatic heterocycles. The van der Waals surface area contributed by atoms with Gasteiger partial charge in [-0.05, 0) is 32.1 Å². The van der Waals surface area contributed by atoms with Crippen LogP contribution in [0.25, 0.3) is 0 Å². The number of carbonyl (C=O) groups excluding carboxylic acids is 3. The molecular formula is C23H38Cl2O6. The molecule has 6 nitrogen and oxygen atoms in total. The van der Waals surface area contributed by atoms with Crippen LogP contribution in [0.5, 0.6) is 0 Å². The number of rotatable bonds is 20. The van der Waals surface area contributed by atoms with E-state index >= 15 is 0 Å². The zero-order chi connectivity index (χ0) is 23.2. The van der Waals surface area contributed by atoms with E-state index in [0.29, 0.717) is 6.42 Å². The fourth-order valence-electron chi connectivity index (χ4n) is 2.94. The minimum Gasteiger partial charge on any atom is -0.461 e. The fraction of sp³-hybridized carbons (Fsp3) is 0.783. The monoisotopic (exact) mass is 480 g/mol. The molecule has 0 spiro atoms. The molecule has 8 heteroatoms. The maximum atomic E-state index is 11.5. The van der Waals surface area contributed by atoms with E-state index in [4.69, 9.17) is 32.7 Å². The van der Waals surface area contributed by atoms with E-state index in [1.807, 2.05) is 0 Å². The van der Waals surface area contributed by atoms with Crippen molar-refractivity contribution in [3.63, 3.8) is 0 Å². The molecule has 180 valence electrons. The first-order valence-electron chi connectivity index (χ1n) is 11.3. The minimum absolute atomic E-state index is 0.0856. The Morgan fingerprint density at radius 3 is 2.13 bits per heavy atom. The van der Waals surface area contributed by atoms with Gasteiger partial charge in [0.1, 0.15) is 17.9 Å². The van der Waals surface area contributed by atoms with Crippen molar-refractivity contribution in [3.8, 4) is 0 Å². The smallest absolute Gasteiger partial charge is 0.323 e. The molecule has 0 aliphatic carbocycles. The van der Waals surface area contributed by atoms with Gasteiger partial charge in [0.15, 0.2) is 0 Å². The Kier molecular flexibility index (Phi) is 21.0. The molecule has 0 bridgehead atoms. The Hall–Kier alpha value is -1.27. The van der Waals surface area contributed by atoms with Gasteiger partial charge in [0.05, 0.1) is 0 Å². The lowest BCUT2D eigenvalue weighted by molar-refractivity contribution is -0.165. The van der Waals surface area contributed by atoms with Crippen molar-refractivity contribution in [2.75, 3.05) is 18.6 Å². The number of alkyl halides is 2. The fourth-order valence-corrected chi connectivity index (χ4v) is 3.08. The van der Waals surface area contributed by atoms with Crippen molar-refractivity contribution >= 4 is 41.1 Å². The molecule has 0 saturated heterocycles. The summed E-state index contributed by atoms with van der Waals surface area (Å²) >= 11 is 10.8. The number of allylic oxidation sites excluding steroid dienone is 1. The lowest BCUT2D eigenvalue weighted by Gasteiger charge is -2.15. The van der Waals surface area contributed by atoms with Gasteiger partial charge < -0.3 is 14.2 Å². The number of hydrogen-bond donors (Lipinski definition) is 0. The highest BCUT2D eigenvalue weighted by atomic mass is 35.5. The summed E-state index contributed by atoms with van der Waals surface area (Å²) in [5.74, 6) is -1.69. The van der Waals surface area contributed by atoms with Gasteiger partial charge in [0, 0.05) is 12.8 Å². The summed E-state index contributed by atoms with van der Waals surface area (Å²) in [7, 11) is 0. The second-order valence-electron chi connectivity index (χ2n) is 7.39. The summed E-state index contributed by atoms with van der Waals surface area (Å²) in [6.45, 7) is 1.80. The number of unbranched alkanes of at least 4 members (excludes halogenated alkanes) is 8. The average Bonchev–Trinajstić information content (AvgIpc) is 2.77. The van der Waals surface area contributed by atoms with Gasteiger partial charge in [-0.3, -0.25) is 14.4 Å². The van der Waals surface area contributed by atoms with Crippen LogP contribution in [-0.2, 0) is 28.6 Å². The Balaban J connectivity index is 3.74. The molecule has 31 heavy (non-hydrogen) atoms. The van der Waals surface area contributed by atoms with Crippen LogP contribution >= 0.6 is 23.2 Å². The molecule has 0 saturated carbocycles. The molecule has 0 N–H and O–H groups in total. The summed E-state index contributed by atoms with van der Waals surface area (Å²) in [6, 6.07) is 0. The Labute approximate surface area is 197 Å². The van der Waals surface area contributed by atoms with Crippen LogP contribution in [0.1, 0.15) is 90.4 Å². The van der Waals surface area contributed by atoms with E-state index in [2.05, 4.69) is 23.8 Å². The van der Waals surface area contributed by atoms with Crippen LogP contribution in [0.4, 0.5) is 0 Å². The third-order valence-electron chi connectivity index (χ3n) is 4.65. The molecule has 0 heterocycles. The Morgan fingerprint density at radius 2 is 1.42 bits per heavy atom.